The molecular weight excluding hydrogens is 596 g/mol. The van der Waals surface area contributed by atoms with Gasteiger partial charge in [-0.25, -0.2) is 13.8 Å². The predicted octanol–water partition coefficient (Wildman–Crippen LogP) is 7.26. The standard InChI is InChI=1S/C37H41F2N7O/c38-35(39)36-41-31-13-7-8-14-32(31)46(36)34-23-33(44-19-21-47-22-20-44)42-37(43-34)40-24-27-15-17-30(18-16-27)45(25-28-9-3-1-4-10-28)26-29-11-5-2-6-12-29/h1-14,23,27,30,35H,15-22,24-26H2,(H,40,42,43)/t27-,30-. The van der Waals surface area contributed by atoms with E-state index in [1.165, 1.54) is 15.7 Å². The van der Waals surface area contributed by atoms with Gasteiger partial charge >= 0.3 is 0 Å². The van der Waals surface area contributed by atoms with E-state index in [1.807, 2.05) is 6.07 Å². The van der Waals surface area contributed by atoms with Crippen LogP contribution in [-0.2, 0) is 17.8 Å². The number of ether oxygens (including phenoxy) is 1. The molecule has 0 spiro atoms. The van der Waals surface area contributed by atoms with E-state index in [4.69, 9.17) is 14.7 Å². The molecule has 3 heterocycles. The zero-order valence-electron chi connectivity index (χ0n) is 26.5. The Balaban J connectivity index is 1.08. The predicted molar refractivity (Wildman–Crippen MR) is 181 cm³/mol. The molecule has 2 aliphatic rings. The summed E-state index contributed by atoms with van der Waals surface area (Å²) in [5.41, 5.74) is 3.77. The van der Waals surface area contributed by atoms with Crippen LogP contribution in [0.1, 0.15) is 49.1 Å². The number of benzene rings is 3. The van der Waals surface area contributed by atoms with Crippen molar-refractivity contribution in [3.8, 4) is 5.82 Å². The lowest BCUT2D eigenvalue weighted by Crippen LogP contribution is -2.38. The third-order valence-electron chi connectivity index (χ3n) is 9.38. The van der Waals surface area contributed by atoms with Crippen LogP contribution in [0.4, 0.5) is 20.5 Å². The Bertz CT molecular complexity index is 1690. The van der Waals surface area contributed by atoms with Crippen molar-refractivity contribution in [3.63, 3.8) is 0 Å². The van der Waals surface area contributed by atoms with Crippen LogP contribution >= 0.6 is 0 Å². The Labute approximate surface area is 274 Å². The first-order valence-corrected chi connectivity index (χ1v) is 16.6. The molecule has 47 heavy (non-hydrogen) atoms. The highest BCUT2D eigenvalue weighted by Gasteiger charge is 2.27. The van der Waals surface area contributed by atoms with Crippen LogP contribution in [0.25, 0.3) is 16.9 Å². The Morgan fingerprint density at radius 3 is 2.04 bits per heavy atom. The molecular formula is C37H41F2N7O. The van der Waals surface area contributed by atoms with Crippen LogP contribution in [0.5, 0.6) is 0 Å². The molecule has 1 N–H and O–H groups in total. The van der Waals surface area contributed by atoms with Gasteiger partial charge in [-0.05, 0) is 54.9 Å². The third-order valence-corrected chi connectivity index (χ3v) is 9.38. The Kier molecular flexibility index (Phi) is 9.67. The summed E-state index contributed by atoms with van der Waals surface area (Å²) in [6.07, 6.45) is 1.67. The topological polar surface area (TPSA) is 71.3 Å². The van der Waals surface area contributed by atoms with Gasteiger partial charge in [-0.15, -0.1) is 0 Å². The number of rotatable bonds is 11. The molecule has 2 aromatic heterocycles. The first kappa shape index (κ1) is 31.2. The summed E-state index contributed by atoms with van der Waals surface area (Å²) in [6, 6.07) is 30.9. The van der Waals surface area contributed by atoms with E-state index in [1.54, 1.807) is 24.3 Å². The number of morpholine rings is 1. The number of nitrogens with zero attached hydrogens (tertiary/aromatic N) is 6. The average Bonchev–Trinajstić information content (AvgIpc) is 3.52. The van der Waals surface area contributed by atoms with Crippen molar-refractivity contribution in [2.45, 2.75) is 51.2 Å². The molecule has 0 unspecified atom stereocenters. The summed E-state index contributed by atoms with van der Waals surface area (Å²) in [7, 11) is 0. The van der Waals surface area contributed by atoms with Crippen molar-refractivity contribution < 1.29 is 13.5 Å². The van der Waals surface area contributed by atoms with E-state index in [0.717, 1.165) is 45.3 Å². The molecule has 0 radical (unpaired) electrons. The van der Waals surface area contributed by atoms with Gasteiger partial charge in [0.2, 0.25) is 5.95 Å². The molecule has 0 atom stereocenters. The van der Waals surface area contributed by atoms with Gasteiger partial charge in [-0.2, -0.15) is 9.97 Å². The van der Waals surface area contributed by atoms with Crippen molar-refractivity contribution in [1.29, 1.82) is 0 Å². The van der Waals surface area contributed by atoms with Gasteiger partial charge in [0, 0.05) is 44.8 Å². The summed E-state index contributed by atoms with van der Waals surface area (Å²) in [5.74, 6) is 1.66. The fourth-order valence-electron chi connectivity index (χ4n) is 6.90. The van der Waals surface area contributed by atoms with Crippen molar-refractivity contribution >= 4 is 22.8 Å². The first-order chi connectivity index (χ1) is 23.1. The molecule has 1 saturated heterocycles. The van der Waals surface area contributed by atoms with E-state index >= 15 is 0 Å². The Morgan fingerprint density at radius 1 is 0.766 bits per heavy atom. The smallest absolute Gasteiger partial charge is 0.296 e. The Hall–Kier alpha value is -4.41. The van der Waals surface area contributed by atoms with Crippen molar-refractivity contribution in [1.82, 2.24) is 24.4 Å². The maximum Gasteiger partial charge on any atom is 0.296 e. The lowest BCUT2D eigenvalue weighted by atomic mass is 9.85. The molecule has 0 bridgehead atoms. The number of hydrogen-bond donors (Lipinski definition) is 1. The van der Waals surface area contributed by atoms with Crippen LogP contribution in [0, 0.1) is 5.92 Å². The average molecular weight is 638 g/mol. The molecule has 3 aromatic carbocycles. The summed E-state index contributed by atoms with van der Waals surface area (Å²) in [6.45, 7) is 5.11. The normalized spacial score (nSPS) is 18.7. The van der Waals surface area contributed by atoms with Crippen molar-refractivity contribution in [3.05, 3.63) is 108 Å². The van der Waals surface area contributed by atoms with Crippen LogP contribution in [0.2, 0.25) is 0 Å². The summed E-state index contributed by atoms with van der Waals surface area (Å²) >= 11 is 0. The molecule has 8 nitrogen and oxygen atoms in total. The second-order valence-corrected chi connectivity index (χ2v) is 12.5. The van der Waals surface area contributed by atoms with Gasteiger partial charge in [-0.1, -0.05) is 72.8 Å². The minimum absolute atomic E-state index is 0.322. The molecule has 2 fully saturated rings. The maximum atomic E-state index is 14.3. The minimum atomic E-state index is -2.75. The van der Waals surface area contributed by atoms with E-state index in [0.29, 0.717) is 66.9 Å². The van der Waals surface area contributed by atoms with Crippen LogP contribution in [0.3, 0.4) is 0 Å². The largest absolute Gasteiger partial charge is 0.378 e. The first-order valence-electron chi connectivity index (χ1n) is 16.6. The van der Waals surface area contributed by atoms with E-state index in [-0.39, 0.29) is 5.82 Å². The Morgan fingerprint density at radius 2 is 1.38 bits per heavy atom. The van der Waals surface area contributed by atoms with Gasteiger partial charge in [0.25, 0.3) is 6.43 Å². The molecule has 0 amide bonds. The number of fused-ring (bicyclic) bond motifs is 1. The van der Waals surface area contributed by atoms with Crippen molar-refractivity contribution in [2.24, 2.45) is 5.92 Å². The second-order valence-electron chi connectivity index (χ2n) is 12.5. The third kappa shape index (κ3) is 7.44. The molecule has 1 aliphatic heterocycles. The molecule has 7 rings (SSSR count). The highest BCUT2D eigenvalue weighted by Crippen LogP contribution is 2.32. The van der Waals surface area contributed by atoms with Crippen LogP contribution in [-0.4, -0.2) is 63.3 Å². The summed E-state index contributed by atoms with van der Waals surface area (Å²) in [4.78, 5) is 18.7. The quantitative estimate of drug-likeness (QED) is 0.163. The van der Waals surface area contributed by atoms with Gasteiger partial charge < -0.3 is 15.0 Å². The SMILES string of the molecule is FC(F)c1nc2ccccc2n1-c1cc(N2CCOCC2)nc(NC[C@H]2CC[C@H](N(Cc3ccccc3)Cc3ccccc3)CC2)n1. The molecule has 10 heteroatoms. The van der Waals surface area contributed by atoms with Gasteiger partial charge in [0.05, 0.1) is 24.2 Å². The fraction of sp³-hybridized carbons (Fsp3) is 0.378. The van der Waals surface area contributed by atoms with Gasteiger partial charge in [0.15, 0.2) is 5.82 Å². The zero-order chi connectivity index (χ0) is 32.0. The highest BCUT2D eigenvalue weighted by molar-refractivity contribution is 5.78. The number of alkyl halides is 2. The molecule has 5 aromatic rings. The zero-order valence-corrected chi connectivity index (χ0v) is 26.5. The van der Waals surface area contributed by atoms with Crippen LogP contribution < -0.4 is 10.2 Å². The highest BCUT2D eigenvalue weighted by atomic mass is 19.3. The molecule has 1 saturated carbocycles. The van der Waals surface area contributed by atoms with Gasteiger partial charge in [-0.3, -0.25) is 9.47 Å². The number of imidazole rings is 1. The number of para-hydroxylation sites is 2. The minimum Gasteiger partial charge on any atom is -0.378 e. The summed E-state index contributed by atoms with van der Waals surface area (Å²) in [5, 5.41) is 3.50. The fourth-order valence-corrected chi connectivity index (χ4v) is 6.90. The van der Waals surface area contributed by atoms with E-state index < -0.39 is 6.43 Å². The summed E-state index contributed by atoms with van der Waals surface area (Å²) < 4.78 is 35.5. The number of halogens is 2. The van der Waals surface area contributed by atoms with Gasteiger partial charge in [0.1, 0.15) is 11.6 Å². The second kappa shape index (κ2) is 14.6. The lowest BCUT2D eigenvalue weighted by Gasteiger charge is -2.37. The lowest BCUT2D eigenvalue weighted by molar-refractivity contribution is 0.122. The molecule has 244 valence electrons. The number of aromatic nitrogens is 4. The molecule has 1 aliphatic carbocycles. The maximum absolute atomic E-state index is 14.3. The van der Waals surface area contributed by atoms with Crippen LogP contribution in [0.15, 0.2) is 91.0 Å². The number of anilines is 2. The monoisotopic (exact) mass is 637 g/mol. The van der Waals surface area contributed by atoms with E-state index in [2.05, 4.69) is 80.8 Å². The number of nitrogens with one attached hydrogen (secondary N) is 1. The van der Waals surface area contributed by atoms with E-state index in [9.17, 15) is 8.78 Å². The number of hydrogen-bond acceptors (Lipinski definition) is 7. The van der Waals surface area contributed by atoms with Crippen molar-refractivity contribution in [2.75, 3.05) is 43.1 Å².